The Morgan fingerprint density at radius 1 is 1.25 bits per heavy atom. The number of aliphatic carboxylic acids is 1. The van der Waals surface area contributed by atoms with E-state index in [9.17, 15) is 14.7 Å². The molecule has 1 amide bonds. The molecule has 0 aliphatic heterocycles. The van der Waals surface area contributed by atoms with Gasteiger partial charge in [-0.3, -0.25) is 4.79 Å². The van der Waals surface area contributed by atoms with E-state index in [1.54, 1.807) is 6.07 Å². The predicted octanol–water partition coefficient (Wildman–Crippen LogP) is 2.64. The summed E-state index contributed by atoms with van der Waals surface area (Å²) in [6.07, 6.45) is 3.92. The van der Waals surface area contributed by atoms with Crippen LogP contribution >= 0.6 is 11.6 Å². The summed E-state index contributed by atoms with van der Waals surface area (Å²) in [7, 11) is 0. The highest BCUT2D eigenvalue weighted by Crippen LogP contribution is 2.34. The largest absolute Gasteiger partial charge is 0.480 e. The minimum absolute atomic E-state index is 0.299. The Balaban J connectivity index is 2.27. The fourth-order valence-electron chi connectivity index (χ4n) is 2.58. The van der Waals surface area contributed by atoms with Crippen molar-refractivity contribution in [2.75, 3.05) is 5.32 Å². The zero-order chi connectivity index (χ0) is 14.8. The minimum Gasteiger partial charge on any atom is -0.480 e. The van der Waals surface area contributed by atoms with Gasteiger partial charge in [-0.15, -0.1) is 0 Å². The summed E-state index contributed by atoms with van der Waals surface area (Å²) in [5, 5.41) is 12.8. The maximum atomic E-state index is 11.6. The van der Waals surface area contributed by atoms with Crippen molar-refractivity contribution < 1.29 is 14.7 Å². The summed E-state index contributed by atoms with van der Waals surface area (Å²) < 4.78 is 0. The number of nitrogens with one attached hydrogen (secondary N) is 1. The van der Waals surface area contributed by atoms with Crippen molar-refractivity contribution in [2.24, 2.45) is 5.73 Å². The quantitative estimate of drug-likeness (QED) is 0.796. The molecule has 108 valence electrons. The molecule has 0 atom stereocenters. The van der Waals surface area contributed by atoms with Crippen molar-refractivity contribution >= 4 is 29.2 Å². The van der Waals surface area contributed by atoms with Gasteiger partial charge < -0.3 is 16.2 Å². The number of rotatable bonds is 4. The molecule has 1 saturated carbocycles. The molecule has 1 aromatic carbocycles. The van der Waals surface area contributed by atoms with E-state index in [1.165, 1.54) is 12.1 Å². The zero-order valence-electron chi connectivity index (χ0n) is 11.0. The molecule has 1 fully saturated rings. The van der Waals surface area contributed by atoms with E-state index >= 15 is 0 Å². The molecule has 0 radical (unpaired) electrons. The molecule has 1 aliphatic carbocycles. The second-order valence-corrected chi connectivity index (χ2v) is 5.54. The monoisotopic (exact) mass is 296 g/mol. The zero-order valence-corrected chi connectivity index (χ0v) is 11.7. The Morgan fingerprint density at radius 2 is 1.90 bits per heavy atom. The highest BCUT2D eigenvalue weighted by atomic mass is 35.5. The predicted molar refractivity (Wildman–Crippen MR) is 77.0 cm³/mol. The highest BCUT2D eigenvalue weighted by Gasteiger charge is 2.39. The topological polar surface area (TPSA) is 92.4 Å². The number of primary amides is 1. The van der Waals surface area contributed by atoms with Crippen LogP contribution in [0.1, 0.15) is 42.5 Å². The average Bonchev–Trinajstić information content (AvgIpc) is 2.41. The van der Waals surface area contributed by atoms with Crippen molar-refractivity contribution in [1.29, 1.82) is 0 Å². The summed E-state index contributed by atoms with van der Waals surface area (Å²) in [5.74, 6) is -1.43. The van der Waals surface area contributed by atoms with Gasteiger partial charge in [-0.2, -0.15) is 0 Å². The van der Waals surface area contributed by atoms with E-state index in [-0.39, 0.29) is 0 Å². The second kappa shape index (κ2) is 5.71. The number of halogens is 1. The smallest absolute Gasteiger partial charge is 0.329 e. The number of carboxylic acids is 1. The molecular formula is C14H17ClN2O3. The van der Waals surface area contributed by atoms with Gasteiger partial charge in [0.25, 0.3) is 0 Å². The van der Waals surface area contributed by atoms with Gasteiger partial charge in [-0.05, 0) is 31.0 Å². The van der Waals surface area contributed by atoms with E-state index in [0.717, 1.165) is 19.3 Å². The minimum atomic E-state index is -0.976. The van der Waals surface area contributed by atoms with Gasteiger partial charge in [0.1, 0.15) is 5.54 Å². The Labute approximate surface area is 122 Å². The average molecular weight is 297 g/mol. The summed E-state index contributed by atoms with van der Waals surface area (Å²) in [5.41, 5.74) is 5.02. The fraction of sp³-hybridized carbons (Fsp3) is 0.429. The molecule has 0 bridgehead atoms. The number of amides is 1. The van der Waals surface area contributed by atoms with Crippen LogP contribution < -0.4 is 11.1 Å². The van der Waals surface area contributed by atoms with Crippen molar-refractivity contribution in [3.63, 3.8) is 0 Å². The molecule has 2 rings (SSSR count). The van der Waals surface area contributed by atoms with Crippen LogP contribution in [0.4, 0.5) is 5.69 Å². The lowest BCUT2D eigenvalue weighted by atomic mass is 9.81. The van der Waals surface area contributed by atoms with Crippen LogP contribution in [0.5, 0.6) is 0 Å². The van der Waals surface area contributed by atoms with E-state index in [0.29, 0.717) is 29.1 Å². The van der Waals surface area contributed by atoms with Crippen LogP contribution in [0, 0.1) is 0 Å². The van der Waals surface area contributed by atoms with Crippen molar-refractivity contribution in [3.05, 3.63) is 28.8 Å². The lowest BCUT2D eigenvalue weighted by Gasteiger charge is -2.35. The molecule has 0 unspecified atom stereocenters. The van der Waals surface area contributed by atoms with Gasteiger partial charge in [0.05, 0.1) is 10.7 Å². The number of nitrogens with two attached hydrogens (primary N) is 1. The van der Waals surface area contributed by atoms with E-state index in [2.05, 4.69) is 5.32 Å². The first-order valence-corrected chi connectivity index (χ1v) is 6.93. The molecule has 20 heavy (non-hydrogen) atoms. The standard InChI is InChI=1S/C14H17ClN2O3/c15-10-8-9(12(16)18)4-5-11(10)17-14(13(19)20)6-2-1-3-7-14/h4-5,8,17H,1-3,6-7H2,(H2,16,18)(H,19,20). The van der Waals surface area contributed by atoms with Crippen LogP contribution in [0.2, 0.25) is 5.02 Å². The number of hydrogen-bond acceptors (Lipinski definition) is 3. The van der Waals surface area contributed by atoms with Crippen molar-refractivity contribution in [2.45, 2.75) is 37.6 Å². The number of benzene rings is 1. The van der Waals surface area contributed by atoms with Gasteiger partial charge in [0.2, 0.25) is 5.91 Å². The lowest BCUT2D eigenvalue weighted by Crippen LogP contribution is -2.47. The third-order valence-corrected chi connectivity index (χ3v) is 4.06. The summed E-state index contributed by atoms with van der Waals surface area (Å²) in [6, 6.07) is 4.58. The third kappa shape index (κ3) is 2.88. The Morgan fingerprint density at radius 3 is 2.40 bits per heavy atom. The molecule has 4 N–H and O–H groups in total. The van der Waals surface area contributed by atoms with Gasteiger partial charge in [-0.25, -0.2) is 4.79 Å². The van der Waals surface area contributed by atoms with Gasteiger partial charge in [0, 0.05) is 5.56 Å². The molecular weight excluding hydrogens is 280 g/mol. The molecule has 0 saturated heterocycles. The van der Waals surface area contributed by atoms with Crippen LogP contribution in [-0.4, -0.2) is 22.5 Å². The van der Waals surface area contributed by atoms with Crippen LogP contribution in [-0.2, 0) is 4.79 Å². The Kier molecular flexibility index (Phi) is 4.18. The number of carboxylic acid groups (broad SMARTS) is 1. The maximum absolute atomic E-state index is 11.6. The highest BCUT2D eigenvalue weighted by molar-refractivity contribution is 6.33. The first kappa shape index (κ1) is 14.7. The van der Waals surface area contributed by atoms with Crippen LogP contribution in [0.15, 0.2) is 18.2 Å². The number of carbonyl (C=O) groups is 2. The summed E-state index contributed by atoms with van der Waals surface area (Å²) in [4.78, 5) is 22.7. The van der Waals surface area contributed by atoms with Gasteiger partial charge in [0.15, 0.2) is 0 Å². The maximum Gasteiger partial charge on any atom is 0.329 e. The Hall–Kier alpha value is -1.75. The molecule has 0 aromatic heterocycles. The van der Waals surface area contributed by atoms with Crippen LogP contribution in [0.3, 0.4) is 0 Å². The molecule has 0 spiro atoms. The van der Waals surface area contributed by atoms with Crippen molar-refractivity contribution in [3.8, 4) is 0 Å². The normalized spacial score (nSPS) is 17.4. The number of carbonyl (C=O) groups excluding carboxylic acids is 1. The lowest BCUT2D eigenvalue weighted by molar-refractivity contribution is -0.143. The first-order chi connectivity index (χ1) is 9.44. The fourth-order valence-corrected chi connectivity index (χ4v) is 2.80. The number of hydrogen-bond donors (Lipinski definition) is 3. The summed E-state index contributed by atoms with van der Waals surface area (Å²) >= 11 is 6.10. The summed E-state index contributed by atoms with van der Waals surface area (Å²) in [6.45, 7) is 0. The van der Waals surface area contributed by atoms with Gasteiger partial charge in [-0.1, -0.05) is 30.9 Å². The molecule has 1 aliphatic rings. The first-order valence-electron chi connectivity index (χ1n) is 6.55. The third-order valence-electron chi connectivity index (χ3n) is 3.74. The van der Waals surface area contributed by atoms with E-state index in [4.69, 9.17) is 17.3 Å². The number of anilines is 1. The molecule has 1 aromatic rings. The molecule has 0 heterocycles. The molecule has 5 nitrogen and oxygen atoms in total. The van der Waals surface area contributed by atoms with Crippen LogP contribution in [0.25, 0.3) is 0 Å². The molecule has 6 heteroatoms. The SMILES string of the molecule is NC(=O)c1ccc(NC2(C(=O)O)CCCCC2)c(Cl)c1. The van der Waals surface area contributed by atoms with E-state index < -0.39 is 17.4 Å². The van der Waals surface area contributed by atoms with Gasteiger partial charge >= 0.3 is 5.97 Å². The second-order valence-electron chi connectivity index (χ2n) is 5.13. The van der Waals surface area contributed by atoms with Crippen molar-refractivity contribution in [1.82, 2.24) is 0 Å². The van der Waals surface area contributed by atoms with E-state index in [1.807, 2.05) is 0 Å². The Bertz CT molecular complexity index is 539.